The molecule has 1 N–H and O–H groups in total. The molecule has 6 heteroatoms. The van der Waals surface area contributed by atoms with Crippen LogP contribution < -0.4 is 5.32 Å². The first-order valence-electron chi connectivity index (χ1n) is 7.80. The Labute approximate surface area is 128 Å². The second-order valence-electron chi connectivity index (χ2n) is 7.03. The highest BCUT2D eigenvalue weighted by molar-refractivity contribution is 5.76. The smallest absolute Gasteiger partial charge is 0.407 e. The Bertz CT molecular complexity index is 695. The van der Waals surface area contributed by atoms with E-state index in [4.69, 9.17) is 4.74 Å². The summed E-state index contributed by atoms with van der Waals surface area (Å²) in [4.78, 5) is 15.6. The summed E-state index contributed by atoms with van der Waals surface area (Å²) >= 11 is 0. The van der Waals surface area contributed by atoms with Crippen molar-refractivity contribution < 1.29 is 9.53 Å². The van der Waals surface area contributed by atoms with Gasteiger partial charge in [0, 0.05) is 24.3 Å². The van der Waals surface area contributed by atoms with Crippen molar-refractivity contribution in [1.82, 2.24) is 20.1 Å². The Kier molecular flexibility index (Phi) is 2.89. The molecule has 116 valence electrons. The van der Waals surface area contributed by atoms with Crippen molar-refractivity contribution in [3.05, 3.63) is 24.7 Å². The van der Waals surface area contributed by atoms with E-state index < -0.39 is 0 Å². The van der Waals surface area contributed by atoms with Gasteiger partial charge in [-0.15, -0.1) is 0 Å². The van der Waals surface area contributed by atoms with Gasteiger partial charge in [0.25, 0.3) is 0 Å². The third-order valence-electron chi connectivity index (χ3n) is 4.93. The lowest BCUT2D eigenvalue weighted by Crippen LogP contribution is -2.44. The van der Waals surface area contributed by atoms with Gasteiger partial charge in [-0.3, -0.25) is 9.67 Å². The number of carbonyl (C=O) groups excluding carboxylic acids is 1. The summed E-state index contributed by atoms with van der Waals surface area (Å²) < 4.78 is 7.60. The zero-order valence-corrected chi connectivity index (χ0v) is 12.7. The number of nitrogens with one attached hydrogen (secondary N) is 1. The molecular weight excluding hydrogens is 280 g/mol. The van der Waals surface area contributed by atoms with E-state index in [1.54, 1.807) is 12.4 Å². The van der Waals surface area contributed by atoms with Crippen LogP contribution in [0.5, 0.6) is 0 Å². The molecule has 4 rings (SSSR count). The van der Waals surface area contributed by atoms with Gasteiger partial charge >= 0.3 is 6.09 Å². The van der Waals surface area contributed by atoms with Crippen LogP contribution in [-0.2, 0) is 11.3 Å². The quantitative estimate of drug-likeness (QED) is 0.925. The zero-order chi connectivity index (χ0) is 15.2. The van der Waals surface area contributed by atoms with Gasteiger partial charge in [0.05, 0.1) is 12.7 Å². The maximum absolute atomic E-state index is 11.4. The predicted molar refractivity (Wildman–Crippen MR) is 81.3 cm³/mol. The Hall–Kier alpha value is -2.11. The maximum Gasteiger partial charge on any atom is 0.407 e. The molecule has 0 radical (unpaired) electrons. The summed E-state index contributed by atoms with van der Waals surface area (Å²) in [6.45, 7) is 3.73. The number of aromatic nitrogens is 3. The molecule has 1 aliphatic heterocycles. The molecule has 3 heterocycles. The predicted octanol–water partition coefficient (Wildman–Crippen LogP) is 2.49. The van der Waals surface area contributed by atoms with Crippen molar-refractivity contribution in [2.45, 2.75) is 44.8 Å². The van der Waals surface area contributed by atoms with Crippen LogP contribution >= 0.6 is 0 Å². The summed E-state index contributed by atoms with van der Waals surface area (Å²) in [7, 11) is 0. The van der Waals surface area contributed by atoms with Crippen molar-refractivity contribution >= 4 is 17.0 Å². The molecule has 2 unspecified atom stereocenters. The second kappa shape index (κ2) is 4.69. The largest absolute Gasteiger partial charge is 0.441 e. The summed E-state index contributed by atoms with van der Waals surface area (Å²) in [5.74, 6) is 0. The van der Waals surface area contributed by atoms with E-state index in [-0.39, 0.29) is 17.1 Å². The minimum atomic E-state index is -0.321. The van der Waals surface area contributed by atoms with E-state index in [1.165, 1.54) is 0 Å². The molecule has 1 aliphatic carbocycles. The molecular formula is C16H20N4O2. The van der Waals surface area contributed by atoms with Gasteiger partial charge in [0.2, 0.25) is 0 Å². The lowest BCUT2D eigenvalue weighted by atomic mass is 9.68. The molecule has 22 heavy (non-hydrogen) atoms. The first-order valence-corrected chi connectivity index (χ1v) is 7.80. The number of hydrogen-bond acceptors (Lipinski definition) is 4. The van der Waals surface area contributed by atoms with E-state index in [2.05, 4.69) is 28.5 Å². The van der Waals surface area contributed by atoms with Gasteiger partial charge in [0.15, 0.2) is 0 Å². The molecule has 0 aromatic carbocycles. The highest BCUT2D eigenvalue weighted by atomic mass is 16.6. The average Bonchev–Trinajstić information content (AvgIpc) is 3.01. The lowest BCUT2D eigenvalue weighted by Gasteiger charge is -2.42. The van der Waals surface area contributed by atoms with Crippen molar-refractivity contribution in [1.29, 1.82) is 0 Å². The first kappa shape index (κ1) is 13.5. The van der Waals surface area contributed by atoms with Crippen molar-refractivity contribution in [3.63, 3.8) is 0 Å². The molecule has 2 aliphatic rings. The SMILES string of the molecule is CC1(Cn2cc3ccncc3n2)CCCC2(CNC(=O)O2)C1. The van der Waals surface area contributed by atoms with Crippen LogP contribution in [0.4, 0.5) is 4.79 Å². The molecule has 0 bridgehead atoms. The number of alkyl carbamates (subject to hydrolysis) is 1. The third kappa shape index (κ3) is 2.32. The van der Waals surface area contributed by atoms with E-state index >= 15 is 0 Å². The van der Waals surface area contributed by atoms with E-state index in [9.17, 15) is 4.79 Å². The fraction of sp³-hybridized carbons (Fsp3) is 0.562. The van der Waals surface area contributed by atoms with Crippen LogP contribution in [0.15, 0.2) is 24.7 Å². The van der Waals surface area contributed by atoms with Crippen LogP contribution in [0.2, 0.25) is 0 Å². The summed E-state index contributed by atoms with van der Waals surface area (Å²) in [6.07, 6.45) is 9.41. The number of fused-ring (bicyclic) bond motifs is 1. The van der Waals surface area contributed by atoms with Gasteiger partial charge in [-0.1, -0.05) is 6.92 Å². The van der Waals surface area contributed by atoms with Crippen LogP contribution in [-0.4, -0.2) is 33.0 Å². The van der Waals surface area contributed by atoms with Gasteiger partial charge in [0.1, 0.15) is 11.1 Å². The minimum absolute atomic E-state index is 0.0834. The van der Waals surface area contributed by atoms with Gasteiger partial charge in [-0.25, -0.2) is 4.79 Å². The van der Waals surface area contributed by atoms with Crippen molar-refractivity contribution in [2.75, 3.05) is 6.54 Å². The highest BCUT2D eigenvalue weighted by Gasteiger charge is 2.48. The Morgan fingerprint density at radius 1 is 1.45 bits per heavy atom. The number of rotatable bonds is 2. The van der Waals surface area contributed by atoms with E-state index in [0.29, 0.717) is 6.54 Å². The molecule has 1 amide bonds. The lowest BCUT2D eigenvalue weighted by molar-refractivity contribution is -0.0278. The molecule has 2 fully saturated rings. The van der Waals surface area contributed by atoms with Crippen LogP contribution in [0, 0.1) is 5.41 Å². The zero-order valence-electron chi connectivity index (χ0n) is 12.7. The van der Waals surface area contributed by atoms with E-state index in [0.717, 1.165) is 43.1 Å². The summed E-state index contributed by atoms with van der Waals surface area (Å²) in [5, 5.41) is 8.53. The standard InChI is InChI=1S/C16H20N4O2/c1-15(4-2-5-16(9-15)10-18-14(21)22-16)11-20-8-12-3-6-17-7-13(12)19-20/h3,6-8H,2,4-5,9-11H2,1H3,(H,18,21). The number of nitrogens with zero attached hydrogens (tertiary/aromatic N) is 3. The summed E-state index contributed by atoms with van der Waals surface area (Å²) in [6, 6.07) is 1.98. The molecule has 1 spiro atoms. The topological polar surface area (TPSA) is 69.0 Å². The van der Waals surface area contributed by atoms with Crippen LogP contribution in [0.3, 0.4) is 0 Å². The number of carbonyl (C=O) groups is 1. The molecule has 6 nitrogen and oxygen atoms in total. The molecule has 1 saturated heterocycles. The normalized spacial score (nSPS) is 31.4. The van der Waals surface area contributed by atoms with E-state index in [1.807, 2.05) is 10.7 Å². The number of pyridine rings is 1. The number of hydrogen-bond donors (Lipinski definition) is 1. The monoisotopic (exact) mass is 300 g/mol. The Balaban J connectivity index is 1.56. The average molecular weight is 300 g/mol. The van der Waals surface area contributed by atoms with Crippen molar-refractivity contribution in [3.8, 4) is 0 Å². The summed E-state index contributed by atoms with van der Waals surface area (Å²) in [5.41, 5.74) is 0.684. The molecule has 2 aromatic rings. The highest BCUT2D eigenvalue weighted by Crippen LogP contribution is 2.45. The molecule has 2 aromatic heterocycles. The van der Waals surface area contributed by atoms with Gasteiger partial charge < -0.3 is 10.1 Å². The second-order valence-corrected chi connectivity index (χ2v) is 7.03. The molecule has 1 saturated carbocycles. The molecule has 2 atom stereocenters. The van der Waals surface area contributed by atoms with Crippen molar-refractivity contribution in [2.24, 2.45) is 5.41 Å². The van der Waals surface area contributed by atoms with Crippen LogP contribution in [0.1, 0.15) is 32.6 Å². The Morgan fingerprint density at radius 3 is 3.14 bits per heavy atom. The third-order valence-corrected chi connectivity index (χ3v) is 4.93. The Morgan fingerprint density at radius 2 is 2.36 bits per heavy atom. The maximum atomic E-state index is 11.4. The fourth-order valence-electron chi connectivity index (χ4n) is 4.06. The fourth-order valence-corrected chi connectivity index (χ4v) is 4.06. The first-order chi connectivity index (χ1) is 10.6. The van der Waals surface area contributed by atoms with Gasteiger partial charge in [-0.05, 0) is 37.2 Å². The number of ether oxygens (including phenoxy) is 1. The number of amides is 1. The van der Waals surface area contributed by atoms with Crippen LogP contribution in [0.25, 0.3) is 10.9 Å². The minimum Gasteiger partial charge on any atom is -0.441 e. The van der Waals surface area contributed by atoms with Gasteiger partial charge in [-0.2, -0.15) is 5.10 Å².